The van der Waals surface area contributed by atoms with E-state index in [4.69, 9.17) is 16.3 Å². The van der Waals surface area contributed by atoms with Crippen LogP contribution in [0.5, 0.6) is 5.75 Å². The van der Waals surface area contributed by atoms with Crippen LogP contribution in [0.2, 0.25) is 5.02 Å². The number of benzene rings is 2. The molecule has 2 aromatic carbocycles. The molecule has 0 aliphatic heterocycles. The van der Waals surface area contributed by atoms with Gasteiger partial charge in [0.1, 0.15) is 5.75 Å². The van der Waals surface area contributed by atoms with Crippen molar-refractivity contribution in [1.29, 1.82) is 0 Å². The zero-order valence-electron chi connectivity index (χ0n) is 12.7. The van der Waals surface area contributed by atoms with Gasteiger partial charge in [0.2, 0.25) is 5.91 Å². The summed E-state index contributed by atoms with van der Waals surface area (Å²) < 4.78 is 5.13. The predicted molar refractivity (Wildman–Crippen MR) is 89.4 cm³/mol. The molecule has 0 aliphatic carbocycles. The van der Waals surface area contributed by atoms with E-state index in [-0.39, 0.29) is 5.91 Å². The summed E-state index contributed by atoms with van der Waals surface area (Å²) in [4.78, 5) is 14.0. The number of likely N-dealkylation sites (N-methyl/N-ethyl adjacent to an activating group) is 1. The lowest BCUT2D eigenvalue weighted by Gasteiger charge is -2.16. The molecule has 1 amide bonds. The molecule has 0 saturated carbocycles. The van der Waals surface area contributed by atoms with Crippen LogP contribution in [0, 0.1) is 0 Å². The van der Waals surface area contributed by atoms with E-state index >= 15 is 0 Å². The maximum absolute atomic E-state index is 12.1. The van der Waals surface area contributed by atoms with Crippen molar-refractivity contribution in [3.8, 4) is 5.75 Å². The Labute approximate surface area is 135 Å². The summed E-state index contributed by atoms with van der Waals surface area (Å²) in [5, 5.41) is 3.57. The Morgan fingerprint density at radius 2 is 1.95 bits per heavy atom. The first-order valence-corrected chi connectivity index (χ1v) is 7.31. The molecule has 2 rings (SSSR count). The van der Waals surface area contributed by atoms with Crippen LogP contribution >= 0.6 is 11.6 Å². The number of rotatable bonds is 6. The van der Waals surface area contributed by atoms with Gasteiger partial charge in [0, 0.05) is 23.3 Å². The first kappa shape index (κ1) is 16.3. The van der Waals surface area contributed by atoms with Gasteiger partial charge in [-0.1, -0.05) is 29.8 Å². The Morgan fingerprint density at radius 3 is 2.64 bits per heavy atom. The zero-order valence-corrected chi connectivity index (χ0v) is 13.4. The molecule has 5 heteroatoms. The highest BCUT2D eigenvalue weighted by atomic mass is 35.5. The van der Waals surface area contributed by atoms with Gasteiger partial charge in [-0.25, -0.2) is 0 Å². The van der Waals surface area contributed by atoms with Crippen molar-refractivity contribution in [2.75, 3.05) is 26.0 Å². The number of anilines is 1. The second-order valence-corrected chi connectivity index (χ2v) is 5.52. The maximum Gasteiger partial charge on any atom is 0.238 e. The normalized spacial score (nSPS) is 10.5. The van der Waals surface area contributed by atoms with Gasteiger partial charge < -0.3 is 10.1 Å². The van der Waals surface area contributed by atoms with Gasteiger partial charge in [-0.2, -0.15) is 0 Å². The minimum absolute atomic E-state index is 0.0651. The summed E-state index contributed by atoms with van der Waals surface area (Å²) in [6.07, 6.45) is 0. The van der Waals surface area contributed by atoms with Gasteiger partial charge in [-0.05, 0) is 36.9 Å². The van der Waals surface area contributed by atoms with Gasteiger partial charge in [-0.3, -0.25) is 9.69 Å². The third-order valence-corrected chi connectivity index (χ3v) is 3.38. The molecule has 0 bridgehead atoms. The fourth-order valence-electron chi connectivity index (χ4n) is 2.10. The van der Waals surface area contributed by atoms with E-state index in [1.54, 1.807) is 13.2 Å². The number of hydrogen-bond acceptors (Lipinski definition) is 3. The lowest BCUT2D eigenvalue weighted by Crippen LogP contribution is -2.29. The number of halogens is 1. The van der Waals surface area contributed by atoms with Crippen molar-refractivity contribution in [3.63, 3.8) is 0 Å². The molecule has 0 heterocycles. The molecule has 116 valence electrons. The number of nitrogens with zero attached hydrogens (tertiary/aromatic N) is 1. The number of amides is 1. The van der Waals surface area contributed by atoms with Crippen LogP contribution in [0.3, 0.4) is 0 Å². The summed E-state index contributed by atoms with van der Waals surface area (Å²) in [5.74, 6) is 0.650. The number of methoxy groups -OCH3 is 1. The average molecular weight is 319 g/mol. The number of nitrogens with one attached hydrogen (secondary N) is 1. The second kappa shape index (κ2) is 7.82. The van der Waals surface area contributed by atoms with Crippen LogP contribution in [0.15, 0.2) is 48.5 Å². The van der Waals surface area contributed by atoms with Crippen molar-refractivity contribution in [1.82, 2.24) is 4.90 Å². The Morgan fingerprint density at radius 1 is 1.23 bits per heavy atom. The average Bonchev–Trinajstić information content (AvgIpc) is 2.49. The fourth-order valence-corrected chi connectivity index (χ4v) is 2.23. The molecule has 0 atom stereocenters. The summed E-state index contributed by atoms with van der Waals surface area (Å²) in [6.45, 7) is 0.989. The topological polar surface area (TPSA) is 41.6 Å². The standard InChI is InChI=1S/C17H19ClN2O2/c1-20(11-13-6-8-14(18)9-7-13)12-17(21)19-15-4-3-5-16(10-15)22-2/h3-10H,11-12H2,1-2H3,(H,19,21). The summed E-state index contributed by atoms with van der Waals surface area (Å²) in [6, 6.07) is 14.9. The first-order valence-electron chi connectivity index (χ1n) is 6.93. The minimum atomic E-state index is -0.0651. The first-order chi connectivity index (χ1) is 10.6. The Bertz CT molecular complexity index is 629. The molecule has 4 nitrogen and oxygen atoms in total. The van der Waals surface area contributed by atoms with Crippen molar-refractivity contribution < 1.29 is 9.53 Å². The van der Waals surface area contributed by atoms with Crippen LogP contribution in [-0.2, 0) is 11.3 Å². The highest BCUT2D eigenvalue weighted by Crippen LogP contribution is 2.16. The van der Waals surface area contributed by atoms with E-state index < -0.39 is 0 Å². The van der Waals surface area contributed by atoms with Crippen LogP contribution in [0.4, 0.5) is 5.69 Å². The molecular formula is C17H19ClN2O2. The number of hydrogen-bond donors (Lipinski definition) is 1. The molecule has 0 aliphatic rings. The van der Waals surface area contributed by atoms with Gasteiger partial charge in [0.25, 0.3) is 0 Å². The lowest BCUT2D eigenvalue weighted by atomic mass is 10.2. The number of ether oxygens (including phenoxy) is 1. The Kier molecular flexibility index (Phi) is 5.81. The molecular weight excluding hydrogens is 300 g/mol. The number of carbonyl (C=O) groups is 1. The molecule has 0 saturated heterocycles. The largest absolute Gasteiger partial charge is 0.497 e. The van der Waals surface area contributed by atoms with E-state index in [0.717, 1.165) is 11.3 Å². The van der Waals surface area contributed by atoms with E-state index in [9.17, 15) is 4.79 Å². The number of carbonyl (C=O) groups excluding carboxylic acids is 1. The van der Waals surface area contributed by atoms with Crippen molar-refractivity contribution in [3.05, 3.63) is 59.1 Å². The smallest absolute Gasteiger partial charge is 0.238 e. The highest BCUT2D eigenvalue weighted by Gasteiger charge is 2.08. The van der Waals surface area contributed by atoms with Crippen LogP contribution in [0.1, 0.15) is 5.56 Å². The fraction of sp³-hybridized carbons (Fsp3) is 0.235. The van der Waals surface area contributed by atoms with Gasteiger partial charge in [-0.15, -0.1) is 0 Å². The SMILES string of the molecule is COc1cccc(NC(=O)CN(C)Cc2ccc(Cl)cc2)c1. The minimum Gasteiger partial charge on any atom is -0.497 e. The van der Waals surface area contributed by atoms with Crippen molar-refractivity contribution >= 4 is 23.2 Å². The highest BCUT2D eigenvalue weighted by molar-refractivity contribution is 6.30. The van der Waals surface area contributed by atoms with Gasteiger partial charge >= 0.3 is 0 Å². The summed E-state index contributed by atoms with van der Waals surface area (Å²) in [7, 11) is 3.50. The van der Waals surface area contributed by atoms with Crippen molar-refractivity contribution in [2.24, 2.45) is 0 Å². The zero-order chi connectivity index (χ0) is 15.9. The van der Waals surface area contributed by atoms with Gasteiger partial charge in [0.05, 0.1) is 13.7 Å². The van der Waals surface area contributed by atoms with Crippen LogP contribution < -0.4 is 10.1 Å². The Balaban J connectivity index is 1.86. The third-order valence-electron chi connectivity index (χ3n) is 3.13. The molecule has 0 radical (unpaired) electrons. The van der Waals surface area contributed by atoms with E-state index in [0.29, 0.717) is 23.9 Å². The Hall–Kier alpha value is -2.04. The molecule has 22 heavy (non-hydrogen) atoms. The van der Waals surface area contributed by atoms with E-state index in [2.05, 4.69) is 5.32 Å². The molecule has 2 aromatic rings. The van der Waals surface area contributed by atoms with Crippen LogP contribution in [0.25, 0.3) is 0 Å². The molecule has 0 unspecified atom stereocenters. The van der Waals surface area contributed by atoms with Gasteiger partial charge in [0.15, 0.2) is 0 Å². The molecule has 0 spiro atoms. The van der Waals surface area contributed by atoms with Crippen molar-refractivity contribution in [2.45, 2.75) is 6.54 Å². The molecule has 0 fully saturated rings. The predicted octanol–water partition coefficient (Wildman–Crippen LogP) is 3.42. The summed E-state index contributed by atoms with van der Waals surface area (Å²) in [5.41, 5.74) is 1.84. The molecule has 0 aromatic heterocycles. The maximum atomic E-state index is 12.1. The third kappa shape index (κ3) is 5.06. The van der Waals surface area contributed by atoms with E-state index in [1.807, 2.05) is 54.4 Å². The van der Waals surface area contributed by atoms with E-state index in [1.165, 1.54) is 0 Å². The second-order valence-electron chi connectivity index (χ2n) is 5.08. The summed E-state index contributed by atoms with van der Waals surface area (Å²) >= 11 is 5.86. The lowest BCUT2D eigenvalue weighted by molar-refractivity contribution is -0.117. The van der Waals surface area contributed by atoms with Crippen LogP contribution in [-0.4, -0.2) is 31.5 Å². The molecule has 1 N–H and O–H groups in total. The monoisotopic (exact) mass is 318 g/mol. The quantitative estimate of drug-likeness (QED) is 0.887.